The highest BCUT2D eigenvalue weighted by atomic mass is 19.4. The predicted octanol–water partition coefficient (Wildman–Crippen LogP) is 3.15. The summed E-state index contributed by atoms with van der Waals surface area (Å²) in [6, 6.07) is 8.41. The number of aliphatic hydroxyl groups is 1. The lowest BCUT2D eigenvalue weighted by Crippen LogP contribution is -2.58. The summed E-state index contributed by atoms with van der Waals surface area (Å²) in [7, 11) is 0. The largest absolute Gasteiger partial charge is 0.441 e. The van der Waals surface area contributed by atoms with Crippen molar-refractivity contribution in [1.82, 2.24) is 4.90 Å². The summed E-state index contributed by atoms with van der Waals surface area (Å²) in [5.41, 5.74) is -2.64. The number of benzene rings is 1. The number of hydrogen-bond acceptors (Lipinski definition) is 2. The number of carbonyl (C=O) groups excluding carboxylic acids is 1. The summed E-state index contributed by atoms with van der Waals surface area (Å²) in [5.74, 6) is -0.696. The third-order valence-electron chi connectivity index (χ3n) is 4.36. The smallest absolute Gasteiger partial charge is 0.360 e. The van der Waals surface area contributed by atoms with Crippen LogP contribution in [0.2, 0.25) is 0 Å². The zero-order valence-electron chi connectivity index (χ0n) is 11.9. The van der Waals surface area contributed by atoms with Crippen LogP contribution in [-0.4, -0.2) is 27.8 Å². The minimum Gasteiger partial charge on any atom is -0.360 e. The summed E-state index contributed by atoms with van der Waals surface area (Å²) in [6.07, 6.45) is -3.26. The highest BCUT2D eigenvalue weighted by Gasteiger charge is 2.66. The quantitative estimate of drug-likeness (QED) is 0.911. The first-order valence-corrected chi connectivity index (χ1v) is 7.23. The Labute approximate surface area is 126 Å². The van der Waals surface area contributed by atoms with Gasteiger partial charge in [-0.3, -0.25) is 9.69 Å². The lowest BCUT2D eigenvalue weighted by molar-refractivity contribution is -0.290. The van der Waals surface area contributed by atoms with Crippen LogP contribution in [0, 0.1) is 0 Å². The van der Waals surface area contributed by atoms with E-state index in [2.05, 4.69) is 0 Å². The molecule has 0 fully saturated rings. The third-order valence-corrected chi connectivity index (χ3v) is 4.36. The average Bonchev–Trinajstić information content (AvgIpc) is 2.72. The molecule has 1 unspecified atom stereocenters. The molecule has 118 valence electrons. The standard InChI is InChI=1S/C16H16F3NO2/c17-16(18,19)15(22)13-9-5-4-8-12(13)14(21)20(15)10-11-6-2-1-3-7-11/h1-3,6-7,22H,4-5,8-10H2. The summed E-state index contributed by atoms with van der Waals surface area (Å²) in [4.78, 5) is 13.0. The van der Waals surface area contributed by atoms with Crippen molar-refractivity contribution >= 4 is 5.91 Å². The molecule has 0 saturated carbocycles. The molecule has 0 spiro atoms. The Morgan fingerprint density at radius 1 is 1.14 bits per heavy atom. The molecule has 1 aliphatic carbocycles. The fourth-order valence-electron chi connectivity index (χ4n) is 3.28. The van der Waals surface area contributed by atoms with Gasteiger partial charge in [0.2, 0.25) is 0 Å². The van der Waals surface area contributed by atoms with Crippen molar-refractivity contribution in [1.29, 1.82) is 0 Å². The molecule has 0 aromatic heterocycles. The van der Waals surface area contributed by atoms with Crippen LogP contribution in [0.25, 0.3) is 0 Å². The molecule has 0 saturated heterocycles. The monoisotopic (exact) mass is 311 g/mol. The van der Waals surface area contributed by atoms with Crippen LogP contribution in [0.4, 0.5) is 13.2 Å². The normalized spacial score (nSPS) is 25.6. The van der Waals surface area contributed by atoms with Crippen molar-refractivity contribution in [2.75, 3.05) is 0 Å². The summed E-state index contributed by atoms with van der Waals surface area (Å²) in [6.45, 7) is -0.261. The van der Waals surface area contributed by atoms with E-state index in [-0.39, 0.29) is 24.1 Å². The molecule has 6 heteroatoms. The number of carbonyl (C=O) groups is 1. The maximum Gasteiger partial charge on any atom is 0.441 e. The SMILES string of the molecule is O=C1C2=C(CCCC2)C(O)(C(F)(F)F)N1Cc1ccccc1. The van der Waals surface area contributed by atoms with Crippen molar-refractivity contribution in [3.63, 3.8) is 0 Å². The van der Waals surface area contributed by atoms with Crippen LogP contribution in [0.3, 0.4) is 0 Å². The Morgan fingerprint density at radius 2 is 1.77 bits per heavy atom. The van der Waals surface area contributed by atoms with E-state index in [1.54, 1.807) is 30.3 Å². The van der Waals surface area contributed by atoms with Crippen LogP contribution in [0.5, 0.6) is 0 Å². The Morgan fingerprint density at radius 3 is 2.41 bits per heavy atom. The van der Waals surface area contributed by atoms with Gasteiger partial charge in [-0.25, -0.2) is 0 Å². The first-order chi connectivity index (χ1) is 10.4. The lowest BCUT2D eigenvalue weighted by Gasteiger charge is -2.37. The number of amides is 1. The molecule has 22 heavy (non-hydrogen) atoms. The van der Waals surface area contributed by atoms with Crippen molar-refractivity contribution in [3.05, 3.63) is 47.0 Å². The van der Waals surface area contributed by atoms with E-state index in [1.807, 2.05) is 0 Å². The van der Waals surface area contributed by atoms with Gasteiger partial charge in [-0.05, 0) is 31.2 Å². The molecule has 3 rings (SSSR count). The second-order valence-electron chi connectivity index (χ2n) is 5.71. The number of hydrogen-bond donors (Lipinski definition) is 1. The molecule has 3 nitrogen and oxygen atoms in total. The van der Waals surface area contributed by atoms with Crippen LogP contribution in [-0.2, 0) is 11.3 Å². The molecule has 0 bridgehead atoms. The molecular weight excluding hydrogens is 295 g/mol. The number of nitrogens with zero attached hydrogens (tertiary/aromatic N) is 1. The van der Waals surface area contributed by atoms with E-state index in [9.17, 15) is 23.1 Å². The van der Waals surface area contributed by atoms with Gasteiger partial charge in [0.05, 0.1) is 0 Å². The summed E-state index contributed by atoms with van der Waals surface area (Å²) >= 11 is 0. The van der Waals surface area contributed by atoms with Crippen molar-refractivity contribution < 1.29 is 23.1 Å². The van der Waals surface area contributed by atoms with E-state index < -0.39 is 17.8 Å². The van der Waals surface area contributed by atoms with E-state index in [4.69, 9.17) is 0 Å². The van der Waals surface area contributed by atoms with E-state index in [0.717, 1.165) is 0 Å². The summed E-state index contributed by atoms with van der Waals surface area (Å²) < 4.78 is 40.7. The topological polar surface area (TPSA) is 40.5 Å². The van der Waals surface area contributed by atoms with Crippen LogP contribution in [0.15, 0.2) is 41.5 Å². The van der Waals surface area contributed by atoms with Gasteiger partial charge >= 0.3 is 6.18 Å². The molecule has 1 N–H and O–H groups in total. The third kappa shape index (κ3) is 2.13. The Kier molecular flexibility index (Phi) is 3.51. The van der Waals surface area contributed by atoms with Gasteiger partial charge in [-0.2, -0.15) is 13.2 Å². The fourth-order valence-corrected chi connectivity index (χ4v) is 3.28. The molecule has 2 aliphatic rings. The van der Waals surface area contributed by atoms with Gasteiger partial charge in [0.15, 0.2) is 0 Å². The maximum atomic E-state index is 13.6. The number of alkyl halides is 3. The maximum absolute atomic E-state index is 13.6. The zero-order chi connectivity index (χ0) is 16.0. The van der Waals surface area contributed by atoms with E-state index in [0.29, 0.717) is 29.7 Å². The lowest BCUT2D eigenvalue weighted by atomic mass is 9.88. The first kappa shape index (κ1) is 15.1. The van der Waals surface area contributed by atoms with Crippen molar-refractivity contribution in [2.24, 2.45) is 0 Å². The predicted molar refractivity (Wildman–Crippen MR) is 73.5 cm³/mol. The molecule has 0 radical (unpaired) electrons. The minimum atomic E-state index is -4.91. The van der Waals surface area contributed by atoms with E-state index in [1.165, 1.54) is 0 Å². The first-order valence-electron chi connectivity index (χ1n) is 7.23. The van der Waals surface area contributed by atoms with Gasteiger partial charge in [0.25, 0.3) is 11.6 Å². The van der Waals surface area contributed by atoms with Crippen LogP contribution < -0.4 is 0 Å². The number of rotatable bonds is 2. The molecule has 1 amide bonds. The molecular formula is C16H16F3NO2. The van der Waals surface area contributed by atoms with Gasteiger partial charge in [0.1, 0.15) is 0 Å². The Balaban J connectivity index is 2.03. The van der Waals surface area contributed by atoms with Crippen LogP contribution in [0.1, 0.15) is 31.2 Å². The second-order valence-corrected chi connectivity index (χ2v) is 5.71. The minimum absolute atomic E-state index is 0.113. The van der Waals surface area contributed by atoms with Crippen molar-refractivity contribution in [2.45, 2.75) is 44.1 Å². The van der Waals surface area contributed by atoms with Crippen molar-refractivity contribution in [3.8, 4) is 0 Å². The molecule has 1 aliphatic heterocycles. The second kappa shape index (κ2) is 5.12. The highest BCUT2D eigenvalue weighted by molar-refractivity contribution is 5.98. The van der Waals surface area contributed by atoms with Gasteiger partial charge < -0.3 is 5.11 Å². The average molecular weight is 311 g/mol. The zero-order valence-corrected chi connectivity index (χ0v) is 11.9. The molecule has 1 aromatic carbocycles. The Hall–Kier alpha value is -1.82. The van der Waals surface area contributed by atoms with E-state index >= 15 is 0 Å². The number of halogens is 3. The molecule has 1 atom stereocenters. The van der Waals surface area contributed by atoms with Crippen LogP contribution >= 0.6 is 0 Å². The van der Waals surface area contributed by atoms with Gasteiger partial charge in [-0.1, -0.05) is 30.3 Å². The van der Waals surface area contributed by atoms with Gasteiger partial charge in [0, 0.05) is 17.7 Å². The highest BCUT2D eigenvalue weighted by Crippen LogP contribution is 2.50. The molecule has 1 aromatic rings. The van der Waals surface area contributed by atoms with Gasteiger partial charge in [-0.15, -0.1) is 0 Å². The summed E-state index contributed by atoms with van der Waals surface area (Å²) in [5, 5.41) is 10.4. The Bertz CT molecular complexity index is 624. The molecule has 1 heterocycles. The fraction of sp³-hybridized carbons (Fsp3) is 0.438.